The van der Waals surface area contributed by atoms with Gasteiger partial charge in [0, 0.05) is 25.5 Å². The highest BCUT2D eigenvalue weighted by molar-refractivity contribution is 7.89. The van der Waals surface area contributed by atoms with Crippen LogP contribution in [0.2, 0.25) is 0 Å². The fraction of sp³-hybridized carbons (Fsp3) is 0.421. The van der Waals surface area contributed by atoms with Crippen molar-refractivity contribution in [2.24, 2.45) is 5.92 Å². The summed E-state index contributed by atoms with van der Waals surface area (Å²) in [5.41, 5.74) is 2.22. The lowest BCUT2D eigenvalue weighted by Gasteiger charge is -2.30. The molecule has 0 aliphatic carbocycles. The van der Waals surface area contributed by atoms with Gasteiger partial charge in [-0.25, -0.2) is 13.1 Å². The summed E-state index contributed by atoms with van der Waals surface area (Å²) in [7, 11) is -3.52. The summed E-state index contributed by atoms with van der Waals surface area (Å²) in [5, 5.41) is 0. The number of nitrogens with one attached hydrogen (secondary N) is 1. The number of rotatable bonds is 6. The third kappa shape index (κ3) is 5.11. The zero-order valence-corrected chi connectivity index (χ0v) is 15.4. The molecule has 0 bridgehead atoms. The molecule has 1 aromatic carbocycles. The number of likely N-dealkylation sites (tertiary alicyclic amines) is 1. The third-order valence-corrected chi connectivity index (χ3v) is 6.10. The maximum absolute atomic E-state index is 12.2. The molecule has 0 radical (unpaired) electrons. The van der Waals surface area contributed by atoms with Gasteiger partial charge in [0.15, 0.2) is 0 Å². The van der Waals surface area contributed by atoms with Crippen molar-refractivity contribution in [1.82, 2.24) is 14.6 Å². The molecule has 6 heteroatoms. The fourth-order valence-electron chi connectivity index (χ4n) is 3.01. The summed E-state index contributed by atoms with van der Waals surface area (Å²) in [6.45, 7) is 5.88. The predicted octanol–water partition coefficient (Wildman–Crippen LogP) is 2.79. The van der Waals surface area contributed by atoms with Crippen LogP contribution in [-0.2, 0) is 23.1 Å². The normalized spacial score (nSPS) is 16.8. The van der Waals surface area contributed by atoms with Gasteiger partial charge in [-0.05, 0) is 55.1 Å². The molecule has 3 rings (SSSR count). The summed E-state index contributed by atoms with van der Waals surface area (Å²) < 4.78 is 27.0. The van der Waals surface area contributed by atoms with Crippen molar-refractivity contribution < 1.29 is 8.42 Å². The van der Waals surface area contributed by atoms with E-state index in [-0.39, 0.29) is 11.4 Å². The Kier molecular flexibility index (Phi) is 5.83. The quantitative estimate of drug-likeness (QED) is 0.861. The first-order chi connectivity index (χ1) is 12.0. The first kappa shape index (κ1) is 18.0. The van der Waals surface area contributed by atoms with Crippen LogP contribution in [-0.4, -0.2) is 31.4 Å². The minimum atomic E-state index is -3.52. The zero-order valence-electron chi connectivity index (χ0n) is 14.6. The monoisotopic (exact) mass is 359 g/mol. The van der Waals surface area contributed by atoms with Crippen LogP contribution in [0.25, 0.3) is 0 Å². The lowest BCUT2D eigenvalue weighted by molar-refractivity contribution is 0.185. The molecule has 0 atom stereocenters. The number of hydrogen-bond donors (Lipinski definition) is 1. The van der Waals surface area contributed by atoms with E-state index in [0.29, 0.717) is 0 Å². The van der Waals surface area contributed by atoms with Crippen molar-refractivity contribution >= 4 is 10.0 Å². The van der Waals surface area contributed by atoms with Crippen molar-refractivity contribution in [2.45, 2.75) is 37.8 Å². The number of pyridine rings is 1. The van der Waals surface area contributed by atoms with E-state index in [1.165, 1.54) is 30.7 Å². The second kappa shape index (κ2) is 8.08. The van der Waals surface area contributed by atoms with Crippen molar-refractivity contribution in [2.75, 3.05) is 13.1 Å². The lowest BCUT2D eigenvalue weighted by Crippen LogP contribution is -2.32. The van der Waals surface area contributed by atoms with Crippen LogP contribution in [0.4, 0.5) is 0 Å². The minimum Gasteiger partial charge on any atom is -0.299 e. The van der Waals surface area contributed by atoms with E-state index in [9.17, 15) is 8.42 Å². The van der Waals surface area contributed by atoms with Crippen molar-refractivity contribution in [3.63, 3.8) is 0 Å². The average Bonchev–Trinajstić information content (AvgIpc) is 2.64. The molecule has 1 aliphatic rings. The minimum absolute atomic E-state index is 0.186. The molecule has 0 saturated carbocycles. The second-order valence-electron chi connectivity index (χ2n) is 6.79. The van der Waals surface area contributed by atoms with Gasteiger partial charge in [0.05, 0.1) is 0 Å². The Bertz CT molecular complexity index is 768. The molecule has 1 fully saturated rings. The number of hydrogen-bond acceptors (Lipinski definition) is 4. The Balaban J connectivity index is 1.54. The number of piperidine rings is 1. The van der Waals surface area contributed by atoms with E-state index in [0.717, 1.165) is 31.1 Å². The zero-order chi connectivity index (χ0) is 17.7. The third-order valence-electron chi connectivity index (χ3n) is 4.72. The van der Waals surface area contributed by atoms with Crippen molar-refractivity contribution in [1.29, 1.82) is 0 Å². The van der Waals surface area contributed by atoms with E-state index in [2.05, 4.69) is 33.7 Å². The molecular weight excluding hydrogens is 334 g/mol. The van der Waals surface area contributed by atoms with Gasteiger partial charge in [0.1, 0.15) is 4.90 Å². The molecule has 0 spiro atoms. The standard InChI is InChI=1S/C19H25N3O2S/c1-16-8-11-22(12-9-16)15-18-6-4-17(5-7-18)13-21-25(23,24)19-3-2-10-20-14-19/h2-7,10,14,16,21H,8-9,11-13,15H2,1H3. The number of aromatic nitrogens is 1. The van der Waals surface area contributed by atoms with Gasteiger partial charge in [-0.2, -0.15) is 0 Å². The van der Waals surface area contributed by atoms with Crippen LogP contribution < -0.4 is 4.72 Å². The largest absolute Gasteiger partial charge is 0.299 e. The highest BCUT2D eigenvalue weighted by atomic mass is 32.2. The number of benzene rings is 1. The summed E-state index contributed by atoms with van der Waals surface area (Å²) in [5.74, 6) is 0.839. The molecule has 5 nitrogen and oxygen atoms in total. The highest BCUT2D eigenvalue weighted by Gasteiger charge is 2.16. The van der Waals surface area contributed by atoms with Crippen LogP contribution in [0.1, 0.15) is 30.9 Å². The van der Waals surface area contributed by atoms with Crippen LogP contribution in [0.15, 0.2) is 53.7 Å². The van der Waals surface area contributed by atoms with Crippen LogP contribution in [0, 0.1) is 5.92 Å². The van der Waals surface area contributed by atoms with Crippen LogP contribution >= 0.6 is 0 Å². The average molecular weight is 359 g/mol. The molecule has 1 saturated heterocycles. The van der Waals surface area contributed by atoms with Gasteiger partial charge < -0.3 is 0 Å². The van der Waals surface area contributed by atoms with Gasteiger partial charge >= 0.3 is 0 Å². The fourth-order valence-corrected chi connectivity index (χ4v) is 3.99. The molecule has 0 unspecified atom stereocenters. The molecule has 0 amide bonds. The second-order valence-corrected chi connectivity index (χ2v) is 8.56. The Hall–Kier alpha value is -1.76. The summed E-state index contributed by atoms with van der Waals surface area (Å²) in [6.07, 6.45) is 5.45. The number of nitrogens with zero attached hydrogens (tertiary/aromatic N) is 2. The van der Waals surface area contributed by atoms with E-state index in [1.807, 2.05) is 12.1 Å². The lowest BCUT2D eigenvalue weighted by atomic mass is 9.99. The first-order valence-electron chi connectivity index (χ1n) is 8.73. The Morgan fingerprint density at radius 1 is 1.12 bits per heavy atom. The smallest absolute Gasteiger partial charge is 0.242 e. The molecule has 2 aromatic rings. The number of sulfonamides is 1. The molecule has 2 heterocycles. The first-order valence-corrected chi connectivity index (χ1v) is 10.2. The Labute approximate surface area is 150 Å². The summed E-state index contributed by atoms with van der Waals surface area (Å²) >= 11 is 0. The van der Waals surface area contributed by atoms with Gasteiger partial charge in [0.25, 0.3) is 0 Å². The van der Waals surface area contributed by atoms with E-state index >= 15 is 0 Å². The van der Waals surface area contributed by atoms with Crippen LogP contribution in [0.3, 0.4) is 0 Å². The van der Waals surface area contributed by atoms with Gasteiger partial charge in [-0.3, -0.25) is 9.88 Å². The molecule has 1 aliphatic heterocycles. The maximum Gasteiger partial charge on any atom is 0.242 e. The molecule has 1 N–H and O–H groups in total. The van der Waals surface area contributed by atoms with Gasteiger partial charge in [-0.1, -0.05) is 31.2 Å². The van der Waals surface area contributed by atoms with Crippen molar-refractivity contribution in [3.05, 3.63) is 59.9 Å². The van der Waals surface area contributed by atoms with E-state index in [4.69, 9.17) is 0 Å². The highest BCUT2D eigenvalue weighted by Crippen LogP contribution is 2.18. The van der Waals surface area contributed by atoms with Crippen molar-refractivity contribution in [3.8, 4) is 0 Å². The summed E-state index contributed by atoms with van der Waals surface area (Å²) in [4.78, 5) is 6.53. The SMILES string of the molecule is CC1CCN(Cc2ccc(CNS(=O)(=O)c3cccnc3)cc2)CC1. The topological polar surface area (TPSA) is 62.3 Å². The summed E-state index contributed by atoms with van der Waals surface area (Å²) in [6, 6.07) is 11.3. The molecule has 25 heavy (non-hydrogen) atoms. The van der Waals surface area contributed by atoms with Gasteiger partial charge in [-0.15, -0.1) is 0 Å². The van der Waals surface area contributed by atoms with Gasteiger partial charge in [0.2, 0.25) is 10.0 Å². The van der Waals surface area contributed by atoms with E-state index < -0.39 is 10.0 Å². The van der Waals surface area contributed by atoms with E-state index in [1.54, 1.807) is 12.3 Å². The van der Waals surface area contributed by atoms with Crippen LogP contribution in [0.5, 0.6) is 0 Å². The molecule has 1 aromatic heterocycles. The Morgan fingerprint density at radius 2 is 1.80 bits per heavy atom. The maximum atomic E-state index is 12.2. The predicted molar refractivity (Wildman–Crippen MR) is 98.4 cm³/mol. The molecule has 134 valence electrons. The Morgan fingerprint density at radius 3 is 2.44 bits per heavy atom. The molecular formula is C19H25N3O2S.